The number of thioether (sulfide) groups is 1. The standard InChI is InChI=1S/C27H26N2O3S/c1-5-32-22-15-14-20(16-23(22)31-4)17-24-26(30)29(21-12-7-6-8-13-21)27(33-24)28-25-18(2)10-9-11-19(25)3/h6-17H,5H2,1-4H3/b24-17-,28-27?. The van der Waals surface area contributed by atoms with Gasteiger partial charge in [0.2, 0.25) is 0 Å². The summed E-state index contributed by atoms with van der Waals surface area (Å²) in [5.41, 5.74) is 4.66. The highest BCUT2D eigenvalue weighted by Crippen LogP contribution is 2.39. The van der Waals surface area contributed by atoms with Gasteiger partial charge in [-0.1, -0.05) is 42.5 Å². The zero-order valence-electron chi connectivity index (χ0n) is 19.2. The predicted molar refractivity (Wildman–Crippen MR) is 137 cm³/mol. The van der Waals surface area contributed by atoms with Crippen LogP contribution in [-0.2, 0) is 4.79 Å². The molecule has 0 radical (unpaired) electrons. The van der Waals surface area contributed by atoms with Gasteiger partial charge in [-0.15, -0.1) is 0 Å². The SMILES string of the molecule is CCOc1ccc(/C=C2\SC(=Nc3c(C)cccc3C)N(c3ccccc3)C2=O)cc1OC. The minimum atomic E-state index is -0.107. The number of para-hydroxylation sites is 2. The molecule has 0 bridgehead atoms. The highest BCUT2D eigenvalue weighted by atomic mass is 32.2. The topological polar surface area (TPSA) is 51.1 Å². The van der Waals surface area contributed by atoms with E-state index in [2.05, 4.69) is 0 Å². The van der Waals surface area contributed by atoms with E-state index < -0.39 is 0 Å². The fourth-order valence-corrected chi connectivity index (χ4v) is 4.62. The maximum absolute atomic E-state index is 13.5. The van der Waals surface area contributed by atoms with Gasteiger partial charge in [0.25, 0.3) is 5.91 Å². The van der Waals surface area contributed by atoms with Crippen LogP contribution >= 0.6 is 11.8 Å². The molecule has 5 nitrogen and oxygen atoms in total. The molecule has 0 aromatic heterocycles. The molecule has 0 aliphatic carbocycles. The van der Waals surface area contributed by atoms with E-state index in [0.29, 0.717) is 28.2 Å². The van der Waals surface area contributed by atoms with Crippen LogP contribution in [0.25, 0.3) is 6.08 Å². The first kappa shape index (κ1) is 22.7. The quantitative estimate of drug-likeness (QED) is 0.395. The molecule has 3 aromatic rings. The third-order valence-corrected chi connectivity index (χ3v) is 6.22. The molecule has 6 heteroatoms. The zero-order chi connectivity index (χ0) is 23.4. The summed E-state index contributed by atoms with van der Waals surface area (Å²) in [6.45, 7) is 6.54. The molecule has 0 spiro atoms. The Morgan fingerprint density at radius 3 is 2.36 bits per heavy atom. The van der Waals surface area contributed by atoms with Crippen molar-refractivity contribution in [2.45, 2.75) is 20.8 Å². The van der Waals surface area contributed by atoms with Crippen LogP contribution in [0, 0.1) is 13.8 Å². The van der Waals surface area contributed by atoms with Crippen molar-refractivity contribution in [3.63, 3.8) is 0 Å². The highest BCUT2D eigenvalue weighted by Gasteiger charge is 2.35. The van der Waals surface area contributed by atoms with Crippen molar-refractivity contribution in [1.29, 1.82) is 0 Å². The summed E-state index contributed by atoms with van der Waals surface area (Å²) >= 11 is 1.37. The normalized spacial score (nSPS) is 16.0. The van der Waals surface area contributed by atoms with Gasteiger partial charge in [0.05, 0.1) is 30.0 Å². The summed E-state index contributed by atoms with van der Waals surface area (Å²) in [5.74, 6) is 1.20. The molecule has 1 aliphatic heterocycles. The maximum Gasteiger partial charge on any atom is 0.271 e. The lowest BCUT2D eigenvalue weighted by atomic mass is 10.1. The molecule has 1 amide bonds. The van der Waals surface area contributed by atoms with Crippen molar-refractivity contribution in [2.24, 2.45) is 4.99 Å². The number of hydrogen-bond donors (Lipinski definition) is 0. The number of anilines is 1. The molecule has 4 rings (SSSR count). The van der Waals surface area contributed by atoms with Crippen molar-refractivity contribution in [2.75, 3.05) is 18.6 Å². The number of rotatable bonds is 6. The van der Waals surface area contributed by atoms with E-state index in [9.17, 15) is 4.79 Å². The van der Waals surface area contributed by atoms with E-state index in [1.165, 1.54) is 11.8 Å². The Morgan fingerprint density at radius 1 is 0.970 bits per heavy atom. The van der Waals surface area contributed by atoms with Crippen LogP contribution < -0.4 is 14.4 Å². The number of aryl methyl sites for hydroxylation is 2. The number of hydrogen-bond acceptors (Lipinski definition) is 5. The predicted octanol–water partition coefficient (Wildman–Crippen LogP) is 6.52. The molecule has 0 unspecified atom stereocenters. The van der Waals surface area contributed by atoms with Crippen LogP contribution in [0.1, 0.15) is 23.6 Å². The van der Waals surface area contributed by atoms with E-state index >= 15 is 0 Å². The number of amidine groups is 1. The van der Waals surface area contributed by atoms with Gasteiger partial charge in [-0.05, 0) is 79.6 Å². The van der Waals surface area contributed by atoms with Crippen molar-refractivity contribution in [3.05, 3.63) is 88.3 Å². The average molecular weight is 459 g/mol. The van der Waals surface area contributed by atoms with Crippen molar-refractivity contribution >= 4 is 40.3 Å². The number of ether oxygens (including phenoxy) is 2. The van der Waals surface area contributed by atoms with E-state index in [0.717, 1.165) is 28.1 Å². The van der Waals surface area contributed by atoms with E-state index in [1.807, 2.05) is 93.6 Å². The number of methoxy groups -OCH3 is 1. The first-order valence-corrected chi connectivity index (χ1v) is 11.6. The molecule has 0 atom stereocenters. The lowest BCUT2D eigenvalue weighted by Crippen LogP contribution is -2.28. The second kappa shape index (κ2) is 9.96. The van der Waals surface area contributed by atoms with Crippen molar-refractivity contribution < 1.29 is 14.3 Å². The van der Waals surface area contributed by atoms with Crippen LogP contribution in [0.3, 0.4) is 0 Å². The van der Waals surface area contributed by atoms with Gasteiger partial charge < -0.3 is 9.47 Å². The number of benzene rings is 3. The van der Waals surface area contributed by atoms with Crippen LogP contribution in [0.5, 0.6) is 11.5 Å². The molecular weight excluding hydrogens is 432 g/mol. The molecule has 1 aliphatic rings. The molecule has 1 heterocycles. The Balaban J connectivity index is 1.77. The Hall–Kier alpha value is -3.51. The fraction of sp³-hybridized carbons (Fsp3) is 0.185. The third kappa shape index (κ3) is 4.81. The summed E-state index contributed by atoms with van der Waals surface area (Å²) < 4.78 is 11.1. The Bertz CT molecular complexity index is 1220. The first-order valence-electron chi connectivity index (χ1n) is 10.8. The number of carbonyl (C=O) groups excluding carboxylic acids is 1. The summed E-state index contributed by atoms with van der Waals surface area (Å²) in [4.78, 5) is 20.7. The zero-order valence-corrected chi connectivity index (χ0v) is 20.0. The molecular formula is C27H26N2O3S. The Labute approximate surface area is 198 Å². The van der Waals surface area contributed by atoms with E-state index in [-0.39, 0.29) is 5.91 Å². The highest BCUT2D eigenvalue weighted by molar-refractivity contribution is 8.19. The maximum atomic E-state index is 13.5. The molecule has 1 fully saturated rings. The monoisotopic (exact) mass is 458 g/mol. The number of aliphatic imine (C=N–C) groups is 1. The third-order valence-electron chi connectivity index (χ3n) is 5.25. The summed E-state index contributed by atoms with van der Waals surface area (Å²) in [6.07, 6.45) is 1.87. The van der Waals surface area contributed by atoms with Gasteiger partial charge in [0.1, 0.15) is 0 Å². The smallest absolute Gasteiger partial charge is 0.271 e. The minimum Gasteiger partial charge on any atom is -0.493 e. The molecule has 0 saturated carbocycles. The van der Waals surface area contributed by atoms with Gasteiger partial charge in [0, 0.05) is 0 Å². The first-order chi connectivity index (χ1) is 16.0. The summed E-state index contributed by atoms with van der Waals surface area (Å²) in [7, 11) is 1.61. The lowest BCUT2D eigenvalue weighted by molar-refractivity contribution is -0.113. The molecule has 3 aromatic carbocycles. The second-order valence-corrected chi connectivity index (χ2v) is 8.57. The van der Waals surface area contributed by atoms with Gasteiger partial charge in [-0.2, -0.15) is 0 Å². The fourth-order valence-electron chi connectivity index (χ4n) is 3.63. The number of carbonyl (C=O) groups is 1. The summed E-state index contributed by atoms with van der Waals surface area (Å²) in [6, 6.07) is 21.3. The Kier molecular flexibility index (Phi) is 6.84. The Morgan fingerprint density at radius 2 is 1.70 bits per heavy atom. The molecule has 0 N–H and O–H groups in total. The molecule has 1 saturated heterocycles. The van der Waals surface area contributed by atoms with Gasteiger partial charge in [0.15, 0.2) is 16.7 Å². The summed E-state index contributed by atoms with van der Waals surface area (Å²) in [5, 5.41) is 0.632. The largest absolute Gasteiger partial charge is 0.493 e. The van der Waals surface area contributed by atoms with Crippen molar-refractivity contribution in [3.8, 4) is 11.5 Å². The molecule has 168 valence electrons. The van der Waals surface area contributed by atoms with E-state index in [1.54, 1.807) is 12.0 Å². The van der Waals surface area contributed by atoms with Gasteiger partial charge >= 0.3 is 0 Å². The van der Waals surface area contributed by atoms with Crippen LogP contribution in [-0.4, -0.2) is 24.8 Å². The number of nitrogens with zero attached hydrogens (tertiary/aromatic N) is 2. The number of amides is 1. The van der Waals surface area contributed by atoms with Crippen LogP contribution in [0.2, 0.25) is 0 Å². The second-order valence-electron chi connectivity index (χ2n) is 7.56. The van der Waals surface area contributed by atoms with Crippen LogP contribution in [0.4, 0.5) is 11.4 Å². The minimum absolute atomic E-state index is 0.107. The van der Waals surface area contributed by atoms with Crippen LogP contribution in [0.15, 0.2) is 76.6 Å². The van der Waals surface area contributed by atoms with Crippen molar-refractivity contribution in [1.82, 2.24) is 0 Å². The average Bonchev–Trinajstić information content (AvgIpc) is 3.12. The molecule has 33 heavy (non-hydrogen) atoms. The van der Waals surface area contributed by atoms with Gasteiger partial charge in [-0.25, -0.2) is 4.99 Å². The lowest BCUT2D eigenvalue weighted by Gasteiger charge is -2.16. The van der Waals surface area contributed by atoms with E-state index in [4.69, 9.17) is 14.5 Å². The van der Waals surface area contributed by atoms with Gasteiger partial charge in [-0.3, -0.25) is 9.69 Å².